The summed E-state index contributed by atoms with van der Waals surface area (Å²) < 4.78 is 2.20. The summed E-state index contributed by atoms with van der Waals surface area (Å²) in [6, 6.07) is 18.9. The molecule has 2 aromatic carbocycles. The highest BCUT2D eigenvalue weighted by atomic mass is 35.5. The normalized spacial score (nSPS) is 10.6. The minimum atomic E-state index is 0. The number of hydrogen-bond donors (Lipinski definition) is 1. The van der Waals surface area contributed by atoms with E-state index >= 15 is 0 Å². The van der Waals surface area contributed by atoms with Crippen LogP contribution in [-0.2, 0) is 19.9 Å². The van der Waals surface area contributed by atoms with E-state index in [0.29, 0.717) is 6.54 Å². The maximum atomic E-state index is 5.80. The van der Waals surface area contributed by atoms with Crippen LogP contribution in [0.1, 0.15) is 11.4 Å². The first-order valence-corrected chi connectivity index (χ1v) is 8.64. The van der Waals surface area contributed by atoms with E-state index in [4.69, 9.17) is 10.7 Å². The highest BCUT2D eigenvalue weighted by Gasteiger charge is 2.10. The molecule has 0 amide bonds. The van der Waals surface area contributed by atoms with E-state index in [-0.39, 0.29) is 24.8 Å². The van der Waals surface area contributed by atoms with Crippen LogP contribution < -0.4 is 5.73 Å². The Bertz CT molecular complexity index is 774. The molecule has 0 unspecified atom stereocenters. The van der Waals surface area contributed by atoms with Gasteiger partial charge >= 0.3 is 0 Å². The molecule has 0 fully saturated rings. The van der Waals surface area contributed by atoms with Crippen molar-refractivity contribution in [1.29, 1.82) is 0 Å². The fourth-order valence-corrected chi connectivity index (χ4v) is 3.13. The van der Waals surface area contributed by atoms with Crippen molar-refractivity contribution in [3.8, 4) is 0 Å². The van der Waals surface area contributed by atoms with Gasteiger partial charge in [-0.25, -0.2) is 4.98 Å². The van der Waals surface area contributed by atoms with Gasteiger partial charge in [-0.1, -0.05) is 42.5 Å². The maximum absolute atomic E-state index is 5.80. The van der Waals surface area contributed by atoms with Crippen molar-refractivity contribution in [2.24, 2.45) is 12.8 Å². The molecule has 4 nitrogen and oxygen atoms in total. The molecule has 26 heavy (non-hydrogen) atoms. The van der Waals surface area contributed by atoms with Crippen LogP contribution in [0.15, 0.2) is 54.6 Å². The van der Waals surface area contributed by atoms with Crippen molar-refractivity contribution in [2.45, 2.75) is 12.8 Å². The summed E-state index contributed by atoms with van der Waals surface area (Å²) in [5, 5.41) is 0. The molecule has 0 atom stereocenters. The second-order valence-corrected chi connectivity index (χ2v) is 6.19. The molecule has 3 aromatic rings. The smallest absolute Gasteiger partial charge is 0.110 e. The molecule has 0 aliphatic heterocycles. The molecule has 2 N–H and O–H groups in total. The van der Waals surface area contributed by atoms with Crippen molar-refractivity contribution in [2.75, 3.05) is 26.2 Å². The fraction of sp³-hybridized carbons (Fsp3) is 0.350. The third kappa shape index (κ3) is 5.71. The molecule has 6 heteroatoms. The van der Waals surface area contributed by atoms with Gasteiger partial charge in [-0.2, -0.15) is 0 Å². The minimum Gasteiger partial charge on any atom is -0.331 e. The number of para-hydroxylation sites is 2. The second-order valence-electron chi connectivity index (χ2n) is 6.19. The van der Waals surface area contributed by atoms with E-state index in [0.717, 1.165) is 43.8 Å². The zero-order valence-corrected chi connectivity index (χ0v) is 16.8. The van der Waals surface area contributed by atoms with E-state index in [1.165, 1.54) is 11.1 Å². The number of aryl methyl sites for hydroxylation is 1. The summed E-state index contributed by atoms with van der Waals surface area (Å²) in [7, 11) is 2.10. The van der Waals surface area contributed by atoms with Gasteiger partial charge in [0, 0.05) is 39.6 Å². The lowest BCUT2D eigenvalue weighted by molar-refractivity contribution is 0.285. The zero-order valence-electron chi connectivity index (χ0n) is 15.2. The van der Waals surface area contributed by atoms with Gasteiger partial charge in [0.15, 0.2) is 0 Å². The molecule has 1 heterocycles. The Morgan fingerprint density at radius 3 is 2.23 bits per heavy atom. The van der Waals surface area contributed by atoms with Gasteiger partial charge in [-0.05, 0) is 24.1 Å². The summed E-state index contributed by atoms with van der Waals surface area (Å²) in [6.45, 7) is 3.64. The fourth-order valence-electron chi connectivity index (χ4n) is 3.13. The number of halogens is 2. The summed E-state index contributed by atoms with van der Waals surface area (Å²) in [4.78, 5) is 7.20. The molecule has 1 aromatic heterocycles. The third-order valence-corrected chi connectivity index (χ3v) is 4.54. The van der Waals surface area contributed by atoms with Gasteiger partial charge in [-0.3, -0.25) is 0 Å². The SMILES string of the molecule is Cl.Cl.Cn1c(CCN(CCN)CCc2ccccc2)nc2ccccc21. The lowest BCUT2D eigenvalue weighted by atomic mass is 10.1. The molecule has 0 bridgehead atoms. The molecule has 0 aliphatic rings. The van der Waals surface area contributed by atoms with Crippen LogP contribution in [0.5, 0.6) is 0 Å². The molecule has 0 saturated heterocycles. The van der Waals surface area contributed by atoms with Gasteiger partial charge in [0.2, 0.25) is 0 Å². The van der Waals surface area contributed by atoms with Crippen molar-refractivity contribution < 1.29 is 0 Å². The number of rotatable bonds is 8. The first-order valence-electron chi connectivity index (χ1n) is 8.64. The van der Waals surface area contributed by atoms with Crippen molar-refractivity contribution in [3.63, 3.8) is 0 Å². The van der Waals surface area contributed by atoms with Crippen LogP contribution in [0.4, 0.5) is 0 Å². The van der Waals surface area contributed by atoms with Crippen LogP contribution in [0.25, 0.3) is 11.0 Å². The quantitative estimate of drug-likeness (QED) is 0.636. The Hall–Kier alpha value is -1.59. The minimum absolute atomic E-state index is 0. The van der Waals surface area contributed by atoms with Gasteiger partial charge in [-0.15, -0.1) is 24.8 Å². The number of hydrogen-bond acceptors (Lipinski definition) is 3. The highest BCUT2D eigenvalue weighted by molar-refractivity contribution is 5.85. The first kappa shape index (κ1) is 22.5. The Kier molecular flexibility index (Phi) is 9.66. The number of imidazole rings is 1. The maximum Gasteiger partial charge on any atom is 0.110 e. The van der Waals surface area contributed by atoms with Crippen molar-refractivity contribution in [3.05, 3.63) is 66.0 Å². The molecular weight excluding hydrogens is 367 g/mol. The molecule has 0 spiro atoms. The van der Waals surface area contributed by atoms with Crippen LogP contribution in [-0.4, -0.2) is 40.6 Å². The predicted octanol–water partition coefficient (Wildman–Crippen LogP) is 3.46. The van der Waals surface area contributed by atoms with Crippen LogP contribution >= 0.6 is 24.8 Å². The zero-order chi connectivity index (χ0) is 16.8. The molecule has 0 saturated carbocycles. The highest BCUT2D eigenvalue weighted by Crippen LogP contribution is 2.14. The number of fused-ring (bicyclic) bond motifs is 1. The number of nitrogens with two attached hydrogens (primary N) is 1. The standard InChI is InChI=1S/C20H26N4.2ClH/c1-23-19-10-6-5-9-18(19)22-20(23)12-15-24(16-13-21)14-11-17-7-3-2-4-8-17;;/h2-10H,11-16,21H2,1H3;2*1H. The molecule has 3 rings (SSSR count). The molecule has 0 radical (unpaired) electrons. The Morgan fingerprint density at radius 2 is 1.54 bits per heavy atom. The lowest BCUT2D eigenvalue weighted by Crippen LogP contribution is -2.33. The summed E-state index contributed by atoms with van der Waals surface area (Å²) in [5.41, 5.74) is 9.44. The van der Waals surface area contributed by atoms with Crippen LogP contribution in [0.3, 0.4) is 0 Å². The lowest BCUT2D eigenvalue weighted by Gasteiger charge is -2.21. The monoisotopic (exact) mass is 394 g/mol. The Morgan fingerprint density at radius 1 is 0.885 bits per heavy atom. The number of nitrogens with zero attached hydrogens (tertiary/aromatic N) is 3. The first-order chi connectivity index (χ1) is 11.8. The summed E-state index contributed by atoms with van der Waals surface area (Å²) in [5.74, 6) is 1.14. The van der Waals surface area contributed by atoms with E-state index < -0.39 is 0 Å². The van der Waals surface area contributed by atoms with E-state index in [2.05, 4.69) is 65.0 Å². The molecule has 142 valence electrons. The topological polar surface area (TPSA) is 47.1 Å². The Labute approximate surface area is 168 Å². The summed E-state index contributed by atoms with van der Waals surface area (Å²) >= 11 is 0. The van der Waals surface area contributed by atoms with E-state index in [9.17, 15) is 0 Å². The third-order valence-electron chi connectivity index (χ3n) is 4.54. The van der Waals surface area contributed by atoms with Gasteiger partial charge in [0.05, 0.1) is 11.0 Å². The molecular formula is C20H28Cl2N4. The van der Waals surface area contributed by atoms with Crippen molar-refractivity contribution >= 4 is 35.8 Å². The average molecular weight is 395 g/mol. The second kappa shape index (κ2) is 11.2. The Balaban J connectivity index is 0.00000169. The average Bonchev–Trinajstić information content (AvgIpc) is 2.95. The van der Waals surface area contributed by atoms with Gasteiger partial charge in [0.1, 0.15) is 5.82 Å². The van der Waals surface area contributed by atoms with Gasteiger partial charge < -0.3 is 15.2 Å². The number of aromatic nitrogens is 2. The molecule has 0 aliphatic carbocycles. The van der Waals surface area contributed by atoms with Crippen LogP contribution in [0, 0.1) is 0 Å². The summed E-state index contributed by atoms with van der Waals surface area (Å²) in [6.07, 6.45) is 2.00. The largest absolute Gasteiger partial charge is 0.331 e. The number of benzene rings is 2. The van der Waals surface area contributed by atoms with Gasteiger partial charge in [0.25, 0.3) is 0 Å². The van der Waals surface area contributed by atoms with Crippen LogP contribution in [0.2, 0.25) is 0 Å². The van der Waals surface area contributed by atoms with E-state index in [1.54, 1.807) is 0 Å². The van der Waals surface area contributed by atoms with Crippen molar-refractivity contribution in [1.82, 2.24) is 14.5 Å². The van der Waals surface area contributed by atoms with E-state index in [1.807, 2.05) is 6.07 Å². The predicted molar refractivity (Wildman–Crippen MR) is 115 cm³/mol.